The number of hydrogen-bond acceptors (Lipinski definition) is 6. The first-order valence-corrected chi connectivity index (χ1v) is 12.3. The summed E-state index contributed by atoms with van der Waals surface area (Å²) in [4.78, 5) is 7.02. The second kappa shape index (κ2) is 11.7. The van der Waals surface area contributed by atoms with Crippen LogP contribution in [0.4, 0.5) is 0 Å². The van der Waals surface area contributed by atoms with Gasteiger partial charge in [-0.3, -0.25) is 0 Å². The van der Waals surface area contributed by atoms with Crippen LogP contribution in [0.1, 0.15) is 17.7 Å². The smallest absolute Gasteiger partial charge is 0.423 e. The second-order valence-electron chi connectivity index (χ2n) is 8.58. The van der Waals surface area contributed by atoms with Crippen molar-refractivity contribution in [1.82, 2.24) is 20.1 Å². The van der Waals surface area contributed by atoms with Crippen molar-refractivity contribution < 1.29 is 26.4 Å². The quantitative estimate of drug-likeness (QED) is 0.208. The average molecular weight is 514 g/mol. The first-order chi connectivity index (χ1) is 16.4. The van der Waals surface area contributed by atoms with Gasteiger partial charge in [0.2, 0.25) is 0 Å². The van der Waals surface area contributed by atoms with Crippen LogP contribution in [0, 0.1) is 13.8 Å². The van der Waals surface area contributed by atoms with Gasteiger partial charge in [-0.1, -0.05) is 46.7 Å². The molecular formula is C26H32ClN5O2S. The third kappa shape index (κ3) is 5.89. The largest absolute Gasteiger partial charge is 1.00 e. The molecular weight excluding hydrogens is 482 g/mol. The maximum Gasteiger partial charge on any atom is 0.423 e. The van der Waals surface area contributed by atoms with Gasteiger partial charge in [-0.05, 0) is 69.5 Å². The summed E-state index contributed by atoms with van der Waals surface area (Å²) < 4.78 is 13.3. The minimum atomic E-state index is 0. The number of nitrogens with one attached hydrogen (secondary N) is 1. The number of fused-ring (bicyclic) bond motifs is 1. The molecule has 0 bridgehead atoms. The molecule has 2 aromatic heterocycles. The highest BCUT2D eigenvalue weighted by Gasteiger charge is 2.24. The molecule has 0 saturated heterocycles. The van der Waals surface area contributed by atoms with Crippen LogP contribution in [0.3, 0.4) is 0 Å². The fraction of sp³-hybridized carbons (Fsp3) is 0.346. The van der Waals surface area contributed by atoms with Crippen molar-refractivity contribution in [2.45, 2.75) is 25.4 Å². The molecule has 0 spiro atoms. The Hall–Kier alpha value is -2.81. The molecule has 0 amide bonds. The zero-order valence-electron chi connectivity index (χ0n) is 21.1. The number of hydrogen-bond donors (Lipinski definition) is 1. The van der Waals surface area contributed by atoms with Gasteiger partial charge in [0.05, 0.1) is 19.9 Å². The summed E-state index contributed by atoms with van der Waals surface area (Å²) in [5.74, 6) is 3.06. The molecule has 4 rings (SSSR count). The summed E-state index contributed by atoms with van der Waals surface area (Å²) >= 11 is 1.67. The van der Waals surface area contributed by atoms with Crippen molar-refractivity contribution in [2.24, 2.45) is 0 Å². The number of aryl methyl sites for hydroxylation is 2. The van der Waals surface area contributed by atoms with E-state index < -0.39 is 0 Å². The van der Waals surface area contributed by atoms with E-state index in [9.17, 15) is 0 Å². The number of thioether (sulfide) groups is 1. The van der Waals surface area contributed by atoms with Gasteiger partial charge in [0.15, 0.2) is 11.5 Å². The first-order valence-electron chi connectivity index (χ1n) is 11.3. The number of halogens is 1. The number of benzene rings is 2. The number of aromatic amines is 1. The van der Waals surface area contributed by atoms with Crippen LogP contribution in [-0.2, 0) is 0 Å². The number of pyridine rings is 1. The SMILES string of the molecule is COc1cc2cc(C)[n+](-c3nc(SCCCN(C)C)n[nH]3)c(-c3ccc(C)cc3)c2cc1OC.[Cl-]. The summed E-state index contributed by atoms with van der Waals surface area (Å²) in [6, 6.07) is 14.7. The summed E-state index contributed by atoms with van der Waals surface area (Å²) in [5, 5.41) is 10.5. The molecule has 35 heavy (non-hydrogen) atoms. The summed E-state index contributed by atoms with van der Waals surface area (Å²) in [5.41, 5.74) is 4.36. The number of H-pyrrole nitrogens is 1. The van der Waals surface area contributed by atoms with Crippen molar-refractivity contribution in [2.75, 3.05) is 40.6 Å². The summed E-state index contributed by atoms with van der Waals surface area (Å²) in [6.07, 6.45) is 1.08. The van der Waals surface area contributed by atoms with Gasteiger partial charge in [0.1, 0.15) is 5.69 Å². The third-order valence-corrected chi connectivity index (χ3v) is 6.66. The Bertz CT molecular complexity index is 1290. The Balaban J connectivity index is 0.00000342. The molecule has 0 unspecified atom stereocenters. The topological polar surface area (TPSA) is 67.2 Å². The normalized spacial score (nSPS) is 11.1. The van der Waals surface area contributed by atoms with Crippen molar-refractivity contribution in [3.8, 4) is 28.7 Å². The minimum absolute atomic E-state index is 0. The molecule has 2 heterocycles. The van der Waals surface area contributed by atoms with Crippen LogP contribution < -0.4 is 26.4 Å². The van der Waals surface area contributed by atoms with E-state index in [0.717, 1.165) is 51.6 Å². The van der Waals surface area contributed by atoms with Crippen molar-refractivity contribution >= 4 is 22.5 Å². The van der Waals surface area contributed by atoms with Gasteiger partial charge >= 0.3 is 5.95 Å². The lowest BCUT2D eigenvalue weighted by Gasteiger charge is -2.15. The van der Waals surface area contributed by atoms with Crippen molar-refractivity contribution in [1.29, 1.82) is 0 Å². The fourth-order valence-electron chi connectivity index (χ4n) is 4.02. The number of ether oxygens (including phenoxy) is 2. The van der Waals surface area contributed by atoms with E-state index in [-0.39, 0.29) is 12.4 Å². The van der Waals surface area contributed by atoms with Gasteiger partial charge < -0.3 is 26.8 Å². The highest BCUT2D eigenvalue weighted by Crippen LogP contribution is 2.36. The molecule has 2 aromatic carbocycles. The van der Waals surface area contributed by atoms with Crippen LogP contribution in [0.2, 0.25) is 0 Å². The van der Waals surface area contributed by atoms with Gasteiger partial charge in [-0.15, -0.1) is 5.10 Å². The van der Waals surface area contributed by atoms with Crippen LogP contribution >= 0.6 is 11.8 Å². The number of aromatic nitrogens is 4. The van der Waals surface area contributed by atoms with Crippen LogP contribution in [0.15, 0.2) is 47.6 Å². The van der Waals surface area contributed by atoms with Crippen LogP contribution in [0.5, 0.6) is 11.5 Å². The molecule has 0 aliphatic heterocycles. The maximum absolute atomic E-state index is 5.63. The van der Waals surface area contributed by atoms with E-state index in [1.54, 1.807) is 26.0 Å². The van der Waals surface area contributed by atoms with Crippen LogP contribution in [0.25, 0.3) is 28.0 Å². The van der Waals surface area contributed by atoms with Crippen molar-refractivity contribution in [3.63, 3.8) is 0 Å². The van der Waals surface area contributed by atoms with Gasteiger partial charge in [0, 0.05) is 16.7 Å². The molecule has 0 saturated carbocycles. The zero-order chi connectivity index (χ0) is 24.2. The Morgan fingerprint density at radius 2 is 1.69 bits per heavy atom. The molecule has 7 nitrogen and oxygen atoms in total. The van der Waals surface area contributed by atoms with Crippen LogP contribution in [-0.4, -0.2) is 60.7 Å². The van der Waals surface area contributed by atoms with Gasteiger partial charge in [0.25, 0.3) is 5.16 Å². The first kappa shape index (κ1) is 26.8. The Morgan fingerprint density at radius 1 is 1.00 bits per heavy atom. The Morgan fingerprint density at radius 3 is 2.34 bits per heavy atom. The fourth-order valence-corrected chi connectivity index (χ4v) is 4.74. The molecule has 9 heteroatoms. The lowest BCUT2D eigenvalue weighted by atomic mass is 10.0. The number of nitrogens with zero attached hydrogens (tertiary/aromatic N) is 4. The van der Waals surface area contributed by atoms with E-state index in [1.807, 2.05) is 12.1 Å². The molecule has 0 radical (unpaired) electrons. The number of rotatable bonds is 9. The van der Waals surface area contributed by atoms with E-state index >= 15 is 0 Å². The molecule has 1 N–H and O–H groups in total. The minimum Gasteiger partial charge on any atom is -1.00 e. The monoisotopic (exact) mass is 513 g/mol. The molecule has 0 aliphatic rings. The summed E-state index contributed by atoms with van der Waals surface area (Å²) in [7, 11) is 7.50. The Labute approximate surface area is 217 Å². The number of methoxy groups -OCH3 is 2. The highest BCUT2D eigenvalue weighted by atomic mass is 35.5. The van der Waals surface area contributed by atoms with Gasteiger partial charge in [-0.25, -0.2) is 0 Å². The third-order valence-electron chi connectivity index (χ3n) is 5.72. The van der Waals surface area contributed by atoms with E-state index in [4.69, 9.17) is 14.5 Å². The second-order valence-corrected chi connectivity index (χ2v) is 9.64. The Kier molecular flexibility index (Phi) is 8.99. The standard InChI is InChI=1S/C26H32N5O2S.ClH/c1-17-8-10-19(11-9-17)24-21-16-23(33-6)22(32-5)15-20(21)14-18(2)31(24)25-27-26(29-28-25)34-13-7-12-30(3)4;/h8-11,14-16H,7,12-13H2,1-6H3,(H,27,28,29);1H/q+1;/p-1. The molecule has 0 fully saturated rings. The predicted octanol–water partition coefficient (Wildman–Crippen LogP) is 1.58. The predicted molar refractivity (Wildman–Crippen MR) is 137 cm³/mol. The molecule has 4 aromatic rings. The van der Waals surface area contributed by atoms with E-state index in [0.29, 0.717) is 17.4 Å². The van der Waals surface area contributed by atoms with E-state index in [2.05, 4.69) is 77.9 Å². The maximum atomic E-state index is 5.63. The van der Waals surface area contributed by atoms with Gasteiger partial charge in [-0.2, -0.15) is 4.57 Å². The summed E-state index contributed by atoms with van der Waals surface area (Å²) in [6.45, 7) is 5.22. The lowest BCUT2D eigenvalue weighted by Crippen LogP contribution is -3.00. The van der Waals surface area contributed by atoms with E-state index in [1.165, 1.54) is 5.56 Å². The highest BCUT2D eigenvalue weighted by molar-refractivity contribution is 7.99. The molecule has 0 atom stereocenters. The van der Waals surface area contributed by atoms with Crippen molar-refractivity contribution in [3.05, 3.63) is 53.7 Å². The molecule has 186 valence electrons. The zero-order valence-corrected chi connectivity index (χ0v) is 22.6. The molecule has 0 aliphatic carbocycles. The average Bonchev–Trinajstić information content (AvgIpc) is 3.29. The lowest BCUT2D eigenvalue weighted by molar-refractivity contribution is -0.597.